The van der Waals surface area contributed by atoms with Gasteiger partial charge in [-0.25, -0.2) is 0 Å². The third-order valence-electron chi connectivity index (χ3n) is 1.95. The quantitative estimate of drug-likeness (QED) is 0.682. The van der Waals surface area contributed by atoms with Crippen molar-refractivity contribution in [3.8, 4) is 5.75 Å². The molecule has 1 aromatic carbocycles. The SMILES string of the molecule is CC(=N)CCCc1ccc(O)cc1. The normalized spacial score (nSPS) is 9.92. The van der Waals surface area contributed by atoms with Crippen LogP contribution in [0.25, 0.3) is 0 Å². The van der Waals surface area contributed by atoms with E-state index in [1.807, 2.05) is 19.1 Å². The maximum absolute atomic E-state index is 9.04. The van der Waals surface area contributed by atoms with E-state index in [0.29, 0.717) is 5.75 Å². The van der Waals surface area contributed by atoms with E-state index >= 15 is 0 Å². The summed E-state index contributed by atoms with van der Waals surface area (Å²) >= 11 is 0. The van der Waals surface area contributed by atoms with Crippen molar-refractivity contribution >= 4 is 5.71 Å². The molecule has 0 aliphatic carbocycles. The molecule has 0 saturated carbocycles. The van der Waals surface area contributed by atoms with Crippen molar-refractivity contribution in [2.45, 2.75) is 26.2 Å². The van der Waals surface area contributed by atoms with E-state index in [1.54, 1.807) is 12.1 Å². The molecule has 0 aromatic heterocycles. The first-order chi connectivity index (χ1) is 6.18. The van der Waals surface area contributed by atoms with Gasteiger partial charge in [0.2, 0.25) is 0 Å². The summed E-state index contributed by atoms with van der Waals surface area (Å²) in [5.74, 6) is 0.312. The Bertz CT molecular complexity index is 277. The second-order valence-corrected chi connectivity index (χ2v) is 3.30. The van der Waals surface area contributed by atoms with Crippen LogP contribution in [0, 0.1) is 5.41 Å². The lowest BCUT2D eigenvalue weighted by Crippen LogP contribution is -1.91. The van der Waals surface area contributed by atoms with Crippen molar-refractivity contribution in [2.75, 3.05) is 0 Å². The van der Waals surface area contributed by atoms with Crippen LogP contribution in [0.4, 0.5) is 0 Å². The highest BCUT2D eigenvalue weighted by Gasteiger charge is 1.94. The van der Waals surface area contributed by atoms with Gasteiger partial charge in [0.25, 0.3) is 0 Å². The van der Waals surface area contributed by atoms with Gasteiger partial charge in [0.1, 0.15) is 5.75 Å². The van der Waals surface area contributed by atoms with Gasteiger partial charge in [-0.1, -0.05) is 12.1 Å². The van der Waals surface area contributed by atoms with Gasteiger partial charge in [-0.15, -0.1) is 0 Å². The van der Waals surface area contributed by atoms with Crippen molar-refractivity contribution in [2.24, 2.45) is 0 Å². The molecule has 0 amide bonds. The number of hydrogen-bond acceptors (Lipinski definition) is 2. The highest BCUT2D eigenvalue weighted by molar-refractivity contribution is 5.78. The van der Waals surface area contributed by atoms with Gasteiger partial charge in [-0.2, -0.15) is 0 Å². The number of hydrogen-bond donors (Lipinski definition) is 2. The number of aryl methyl sites for hydroxylation is 1. The molecule has 0 aliphatic heterocycles. The van der Waals surface area contributed by atoms with Crippen LogP contribution in [0.3, 0.4) is 0 Å². The minimum Gasteiger partial charge on any atom is -0.508 e. The van der Waals surface area contributed by atoms with Crippen molar-refractivity contribution in [3.63, 3.8) is 0 Å². The first-order valence-electron chi connectivity index (χ1n) is 4.50. The van der Waals surface area contributed by atoms with Gasteiger partial charge in [0.05, 0.1) is 0 Å². The molecule has 0 radical (unpaired) electrons. The smallest absolute Gasteiger partial charge is 0.115 e. The minimum absolute atomic E-state index is 0.312. The Morgan fingerprint density at radius 1 is 1.31 bits per heavy atom. The molecule has 0 unspecified atom stereocenters. The van der Waals surface area contributed by atoms with Crippen LogP contribution in [0.1, 0.15) is 25.3 Å². The summed E-state index contributed by atoms with van der Waals surface area (Å²) in [6, 6.07) is 7.25. The molecule has 0 heterocycles. The van der Waals surface area contributed by atoms with Gasteiger partial charge < -0.3 is 10.5 Å². The van der Waals surface area contributed by atoms with E-state index in [0.717, 1.165) is 25.0 Å². The van der Waals surface area contributed by atoms with E-state index in [4.69, 9.17) is 10.5 Å². The second kappa shape index (κ2) is 4.65. The molecule has 2 heteroatoms. The largest absolute Gasteiger partial charge is 0.508 e. The third-order valence-corrected chi connectivity index (χ3v) is 1.95. The summed E-state index contributed by atoms with van der Waals surface area (Å²) < 4.78 is 0. The van der Waals surface area contributed by atoms with Crippen molar-refractivity contribution in [3.05, 3.63) is 29.8 Å². The molecule has 70 valence electrons. The third kappa shape index (κ3) is 3.74. The number of benzene rings is 1. The molecule has 0 fully saturated rings. The molecule has 0 aliphatic rings. The number of phenols is 1. The molecular weight excluding hydrogens is 162 g/mol. The molecule has 2 N–H and O–H groups in total. The number of aromatic hydroxyl groups is 1. The van der Waals surface area contributed by atoms with Gasteiger partial charge in [-0.3, -0.25) is 0 Å². The highest BCUT2D eigenvalue weighted by atomic mass is 16.3. The number of phenolic OH excluding ortho intramolecular Hbond substituents is 1. The lowest BCUT2D eigenvalue weighted by atomic mass is 10.1. The van der Waals surface area contributed by atoms with Gasteiger partial charge in [0.15, 0.2) is 0 Å². The number of nitrogens with one attached hydrogen (secondary N) is 1. The summed E-state index contributed by atoms with van der Waals surface area (Å²) in [6.45, 7) is 1.83. The summed E-state index contributed by atoms with van der Waals surface area (Å²) in [5, 5.41) is 16.3. The van der Waals surface area contributed by atoms with Crippen LogP contribution >= 0.6 is 0 Å². The molecule has 1 aromatic rings. The second-order valence-electron chi connectivity index (χ2n) is 3.30. The minimum atomic E-state index is 0.312. The first-order valence-corrected chi connectivity index (χ1v) is 4.50. The lowest BCUT2D eigenvalue weighted by Gasteiger charge is -2.00. The molecule has 1 rings (SSSR count). The fourth-order valence-electron chi connectivity index (χ4n) is 1.22. The van der Waals surface area contributed by atoms with E-state index in [-0.39, 0.29) is 0 Å². The fourth-order valence-corrected chi connectivity index (χ4v) is 1.22. The molecule has 0 saturated heterocycles. The Kier molecular flexibility index (Phi) is 3.50. The van der Waals surface area contributed by atoms with Crippen LogP contribution in [0.5, 0.6) is 5.75 Å². The number of rotatable bonds is 4. The summed E-state index contributed by atoms with van der Waals surface area (Å²) in [4.78, 5) is 0. The van der Waals surface area contributed by atoms with E-state index < -0.39 is 0 Å². The summed E-state index contributed by atoms with van der Waals surface area (Å²) in [5.41, 5.74) is 1.96. The van der Waals surface area contributed by atoms with Crippen LogP contribution in [-0.4, -0.2) is 10.8 Å². The zero-order valence-electron chi connectivity index (χ0n) is 7.88. The van der Waals surface area contributed by atoms with Crippen LogP contribution < -0.4 is 0 Å². The van der Waals surface area contributed by atoms with E-state index in [1.165, 1.54) is 5.56 Å². The predicted molar refractivity (Wildman–Crippen MR) is 54.4 cm³/mol. The van der Waals surface area contributed by atoms with Crippen LogP contribution in [-0.2, 0) is 6.42 Å². The van der Waals surface area contributed by atoms with Crippen LogP contribution in [0.2, 0.25) is 0 Å². The Morgan fingerprint density at radius 2 is 1.92 bits per heavy atom. The van der Waals surface area contributed by atoms with Gasteiger partial charge in [-0.05, 0) is 43.9 Å². The first kappa shape index (κ1) is 9.78. The Labute approximate surface area is 78.7 Å². The van der Waals surface area contributed by atoms with Gasteiger partial charge >= 0.3 is 0 Å². The zero-order chi connectivity index (χ0) is 9.68. The average Bonchev–Trinajstić information content (AvgIpc) is 2.08. The van der Waals surface area contributed by atoms with Gasteiger partial charge in [0, 0.05) is 5.71 Å². The lowest BCUT2D eigenvalue weighted by molar-refractivity contribution is 0.475. The van der Waals surface area contributed by atoms with Crippen molar-refractivity contribution in [1.82, 2.24) is 0 Å². The molecule has 0 atom stereocenters. The monoisotopic (exact) mass is 177 g/mol. The standard InChI is InChI=1S/C11H15NO/c1-9(12)3-2-4-10-5-7-11(13)8-6-10/h5-8,12-13H,2-4H2,1H3. The predicted octanol–water partition coefficient (Wildman–Crippen LogP) is 2.75. The Balaban J connectivity index is 2.37. The maximum Gasteiger partial charge on any atom is 0.115 e. The highest BCUT2D eigenvalue weighted by Crippen LogP contribution is 2.11. The fraction of sp³-hybridized carbons (Fsp3) is 0.364. The van der Waals surface area contributed by atoms with Crippen LogP contribution in [0.15, 0.2) is 24.3 Å². The molecule has 0 spiro atoms. The topological polar surface area (TPSA) is 44.1 Å². The van der Waals surface area contributed by atoms with Crippen molar-refractivity contribution in [1.29, 1.82) is 5.41 Å². The average molecular weight is 177 g/mol. The van der Waals surface area contributed by atoms with E-state index in [9.17, 15) is 0 Å². The maximum atomic E-state index is 9.04. The Morgan fingerprint density at radius 3 is 2.46 bits per heavy atom. The van der Waals surface area contributed by atoms with E-state index in [2.05, 4.69) is 0 Å². The summed E-state index contributed by atoms with van der Waals surface area (Å²) in [7, 11) is 0. The Hall–Kier alpha value is -1.31. The molecular formula is C11H15NO. The molecule has 0 bridgehead atoms. The molecule has 2 nitrogen and oxygen atoms in total. The van der Waals surface area contributed by atoms with Crippen molar-refractivity contribution < 1.29 is 5.11 Å². The zero-order valence-corrected chi connectivity index (χ0v) is 7.88. The summed E-state index contributed by atoms with van der Waals surface area (Å²) in [6.07, 6.45) is 2.86. The molecule has 13 heavy (non-hydrogen) atoms.